The Bertz CT molecular complexity index is 1860. The van der Waals surface area contributed by atoms with E-state index in [1.807, 2.05) is 0 Å². The van der Waals surface area contributed by atoms with Crippen LogP contribution in [0.2, 0.25) is 0 Å². The third-order valence-electron chi connectivity index (χ3n) is 7.48. The Hall–Kier alpha value is -4.16. The van der Waals surface area contributed by atoms with Gasteiger partial charge in [-0.15, -0.1) is 0 Å². The van der Waals surface area contributed by atoms with E-state index in [0.717, 1.165) is 0 Å². The summed E-state index contributed by atoms with van der Waals surface area (Å²) in [5.74, 6) is 0. The molecule has 7 rings (SSSR count). The van der Waals surface area contributed by atoms with Crippen LogP contribution in [0.4, 0.5) is 0 Å². The molecule has 0 heteroatoms. The Morgan fingerprint density at radius 3 is 1.62 bits per heavy atom. The highest BCUT2D eigenvalue weighted by molar-refractivity contribution is 6.36. The zero-order chi connectivity index (χ0) is 22.8. The highest BCUT2D eigenvalue weighted by Gasteiger charge is 2.21. The van der Waals surface area contributed by atoms with Crippen molar-refractivity contribution in [3.63, 3.8) is 0 Å². The molecule has 160 valence electrons. The van der Waals surface area contributed by atoms with Gasteiger partial charge in [-0.2, -0.15) is 0 Å². The van der Waals surface area contributed by atoms with Crippen molar-refractivity contribution >= 4 is 43.1 Å². The van der Waals surface area contributed by atoms with E-state index in [-0.39, 0.29) is 0 Å². The summed E-state index contributed by atoms with van der Waals surface area (Å²) in [6.45, 7) is 4.45. The summed E-state index contributed by atoms with van der Waals surface area (Å²) < 4.78 is 0. The van der Waals surface area contributed by atoms with Crippen LogP contribution >= 0.6 is 0 Å². The van der Waals surface area contributed by atoms with Crippen LogP contribution in [0, 0.1) is 13.8 Å². The first-order chi connectivity index (χ1) is 16.7. The molecule has 0 amide bonds. The molecule has 0 aliphatic rings. The maximum atomic E-state index is 2.42. The molecule has 0 saturated heterocycles. The maximum absolute atomic E-state index is 2.42. The summed E-state index contributed by atoms with van der Waals surface area (Å²) in [6.07, 6.45) is 0. The Morgan fingerprint density at radius 1 is 0.382 bits per heavy atom. The van der Waals surface area contributed by atoms with E-state index < -0.39 is 0 Å². The molecule has 0 spiro atoms. The minimum absolute atomic E-state index is 1.30. The van der Waals surface area contributed by atoms with Gasteiger partial charge in [-0.25, -0.2) is 0 Å². The zero-order valence-electron chi connectivity index (χ0n) is 19.4. The standard InChI is InChI=1S/C34H24/c1-21-10-3-5-15-25(21)30-20-24-14-9-18-28-27-17-7-12-23-13-8-19-29(31(23)27)34(32(24)28)33(30)26-16-6-4-11-22(26)2/h3-20H,1-2H3. The Labute approximate surface area is 199 Å². The summed E-state index contributed by atoms with van der Waals surface area (Å²) in [5.41, 5.74) is 7.86. The van der Waals surface area contributed by atoms with Crippen molar-refractivity contribution in [1.82, 2.24) is 0 Å². The van der Waals surface area contributed by atoms with Gasteiger partial charge in [0.1, 0.15) is 0 Å². The summed E-state index contributed by atoms with van der Waals surface area (Å²) in [6, 6.07) is 40.3. The predicted molar refractivity (Wildman–Crippen MR) is 148 cm³/mol. The first-order valence-corrected chi connectivity index (χ1v) is 12.0. The summed E-state index contributed by atoms with van der Waals surface area (Å²) in [7, 11) is 0. The molecule has 0 radical (unpaired) electrons. The lowest BCUT2D eigenvalue weighted by atomic mass is 9.81. The van der Waals surface area contributed by atoms with Crippen molar-refractivity contribution < 1.29 is 0 Å². The van der Waals surface area contributed by atoms with Gasteiger partial charge in [0.2, 0.25) is 0 Å². The molecule has 0 aliphatic carbocycles. The molecule has 0 heterocycles. The second-order valence-electron chi connectivity index (χ2n) is 9.42. The fourth-order valence-electron chi connectivity index (χ4n) is 5.95. The van der Waals surface area contributed by atoms with Gasteiger partial charge >= 0.3 is 0 Å². The van der Waals surface area contributed by atoms with Crippen molar-refractivity contribution in [2.45, 2.75) is 13.8 Å². The number of rotatable bonds is 2. The van der Waals surface area contributed by atoms with E-state index in [1.54, 1.807) is 0 Å². The molecular formula is C34H24. The summed E-state index contributed by atoms with van der Waals surface area (Å²) >= 11 is 0. The minimum Gasteiger partial charge on any atom is -0.0620 e. The van der Waals surface area contributed by atoms with E-state index >= 15 is 0 Å². The lowest BCUT2D eigenvalue weighted by Gasteiger charge is -2.22. The van der Waals surface area contributed by atoms with Crippen LogP contribution in [0.25, 0.3) is 65.3 Å². The molecule has 0 fully saturated rings. The van der Waals surface area contributed by atoms with Crippen LogP contribution in [-0.4, -0.2) is 0 Å². The maximum Gasteiger partial charge on any atom is -0.000776 e. The van der Waals surface area contributed by atoms with Crippen LogP contribution in [-0.2, 0) is 0 Å². The van der Waals surface area contributed by atoms with Crippen molar-refractivity contribution in [2.75, 3.05) is 0 Å². The molecule has 0 nitrogen and oxygen atoms in total. The molecule has 0 atom stereocenters. The molecule has 0 bridgehead atoms. The number of hydrogen-bond donors (Lipinski definition) is 0. The number of aryl methyl sites for hydroxylation is 2. The largest absolute Gasteiger partial charge is 0.0620 e. The number of benzene rings is 7. The van der Waals surface area contributed by atoms with Gasteiger partial charge in [0.25, 0.3) is 0 Å². The van der Waals surface area contributed by atoms with Gasteiger partial charge in [0, 0.05) is 0 Å². The Morgan fingerprint density at radius 2 is 0.941 bits per heavy atom. The van der Waals surface area contributed by atoms with Crippen molar-refractivity contribution in [1.29, 1.82) is 0 Å². The summed E-state index contributed by atoms with van der Waals surface area (Å²) in [5, 5.41) is 10.7. The van der Waals surface area contributed by atoms with Crippen molar-refractivity contribution in [3.8, 4) is 22.3 Å². The topological polar surface area (TPSA) is 0 Å². The molecule has 0 saturated carbocycles. The quantitative estimate of drug-likeness (QED) is 0.188. The average Bonchev–Trinajstić information content (AvgIpc) is 2.87. The van der Waals surface area contributed by atoms with Crippen molar-refractivity contribution in [3.05, 3.63) is 120 Å². The molecule has 0 aromatic heterocycles. The average molecular weight is 433 g/mol. The van der Waals surface area contributed by atoms with E-state index in [1.165, 1.54) is 76.5 Å². The first-order valence-electron chi connectivity index (χ1n) is 12.0. The minimum atomic E-state index is 1.30. The third kappa shape index (κ3) is 2.60. The van der Waals surface area contributed by atoms with Gasteiger partial charge in [-0.05, 0) is 96.4 Å². The molecule has 0 unspecified atom stereocenters. The SMILES string of the molecule is Cc1ccccc1-c1cc2cccc3c4cccc5cccc(c(c1-c1ccccc1C)c23)c54. The van der Waals surface area contributed by atoms with Crippen LogP contribution < -0.4 is 0 Å². The summed E-state index contributed by atoms with van der Waals surface area (Å²) in [4.78, 5) is 0. The lowest BCUT2D eigenvalue weighted by Crippen LogP contribution is -1.95. The second-order valence-corrected chi connectivity index (χ2v) is 9.42. The smallest absolute Gasteiger partial charge is 0.000776 e. The predicted octanol–water partition coefficient (Wildman–Crippen LogP) is 9.69. The van der Waals surface area contributed by atoms with E-state index in [0.29, 0.717) is 0 Å². The van der Waals surface area contributed by atoms with Gasteiger partial charge in [-0.1, -0.05) is 103 Å². The third-order valence-corrected chi connectivity index (χ3v) is 7.48. The monoisotopic (exact) mass is 432 g/mol. The van der Waals surface area contributed by atoms with Gasteiger partial charge < -0.3 is 0 Å². The van der Waals surface area contributed by atoms with Gasteiger partial charge in [0.15, 0.2) is 0 Å². The fourth-order valence-corrected chi connectivity index (χ4v) is 5.95. The number of fused-ring (bicyclic) bond motifs is 2. The fraction of sp³-hybridized carbons (Fsp3) is 0.0588. The molecule has 7 aromatic rings. The van der Waals surface area contributed by atoms with E-state index in [4.69, 9.17) is 0 Å². The molecule has 0 aliphatic heterocycles. The second kappa shape index (κ2) is 7.17. The van der Waals surface area contributed by atoms with E-state index in [2.05, 4.69) is 123 Å². The normalized spacial score (nSPS) is 11.8. The van der Waals surface area contributed by atoms with Crippen LogP contribution in [0.15, 0.2) is 109 Å². The number of hydrogen-bond acceptors (Lipinski definition) is 0. The molecule has 34 heavy (non-hydrogen) atoms. The van der Waals surface area contributed by atoms with Crippen molar-refractivity contribution in [2.24, 2.45) is 0 Å². The van der Waals surface area contributed by atoms with Crippen LogP contribution in [0.3, 0.4) is 0 Å². The highest BCUT2D eigenvalue weighted by atomic mass is 14.2. The van der Waals surface area contributed by atoms with E-state index in [9.17, 15) is 0 Å². The van der Waals surface area contributed by atoms with Crippen LogP contribution in [0.1, 0.15) is 11.1 Å². The zero-order valence-corrected chi connectivity index (χ0v) is 19.4. The Kier molecular flexibility index (Phi) is 4.07. The van der Waals surface area contributed by atoms with Crippen LogP contribution in [0.5, 0.6) is 0 Å². The Balaban J connectivity index is 1.84. The molecular weight excluding hydrogens is 408 g/mol. The van der Waals surface area contributed by atoms with Gasteiger partial charge in [0.05, 0.1) is 0 Å². The highest BCUT2D eigenvalue weighted by Crippen LogP contribution is 2.48. The molecule has 7 aromatic carbocycles. The first kappa shape index (κ1) is 19.3. The lowest BCUT2D eigenvalue weighted by molar-refractivity contribution is 1.44. The van der Waals surface area contributed by atoms with Gasteiger partial charge in [-0.3, -0.25) is 0 Å². The molecule has 0 N–H and O–H groups in total.